The average molecular weight is 405 g/mol. The lowest BCUT2D eigenvalue weighted by Gasteiger charge is -2.56. The van der Waals surface area contributed by atoms with Crippen molar-refractivity contribution in [1.29, 1.82) is 0 Å². The molecule has 30 heavy (non-hydrogen) atoms. The van der Waals surface area contributed by atoms with Crippen LogP contribution in [0.5, 0.6) is 0 Å². The van der Waals surface area contributed by atoms with Crippen LogP contribution in [0, 0.1) is 28.6 Å². The molecule has 2 heteroatoms. The molecule has 3 fully saturated rings. The highest BCUT2D eigenvalue weighted by Gasteiger charge is 2.55. The van der Waals surface area contributed by atoms with Gasteiger partial charge in [-0.25, -0.2) is 4.79 Å². The molecular formula is C28H36O2. The lowest BCUT2D eigenvalue weighted by molar-refractivity contribution is -0.0259. The number of esters is 1. The van der Waals surface area contributed by atoms with E-state index in [-0.39, 0.29) is 12.1 Å². The lowest BCUT2D eigenvalue weighted by Crippen LogP contribution is -2.48. The highest BCUT2D eigenvalue weighted by atomic mass is 16.5. The summed E-state index contributed by atoms with van der Waals surface area (Å²) in [6.07, 6.45) is 14.8. The van der Waals surface area contributed by atoms with Crippen LogP contribution in [0.25, 0.3) is 0 Å². The molecule has 0 aromatic heterocycles. The monoisotopic (exact) mass is 404 g/mol. The van der Waals surface area contributed by atoms with Crippen LogP contribution in [0.4, 0.5) is 0 Å². The first-order valence-electron chi connectivity index (χ1n) is 12.1. The molecule has 160 valence electrons. The summed E-state index contributed by atoms with van der Waals surface area (Å²) in [6, 6.07) is 9.45. The van der Waals surface area contributed by atoms with Crippen LogP contribution in [-0.4, -0.2) is 12.1 Å². The molecule has 0 unspecified atom stereocenters. The zero-order valence-electron chi connectivity index (χ0n) is 18.8. The van der Waals surface area contributed by atoms with Crippen molar-refractivity contribution < 1.29 is 9.53 Å². The first kappa shape index (κ1) is 20.1. The van der Waals surface area contributed by atoms with E-state index < -0.39 is 0 Å². The summed E-state index contributed by atoms with van der Waals surface area (Å²) >= 11 is 0. The van der Waals surface area contributed by atoms with Crippen molar-refractivity contribution >= 4 is 5.97 Å². The maximum absolute atomic E-state index is 12.6. The van der Waals surface area contributed by atoms with Crippen LogP contribution in [0.2, 0.25) is 0 Å². The second kappa shape index (κ2) is 7.39. The molecule has 1 aromatic carbocycles. The molecule has 4 aliphatic carbocycles. The van der Waals surface area contributed by atoms with Gasteiger partial charge in [0.05, 0.1) is 5.56 Å². The van der Waals surface area contributed by atoms with Crippen molar-refractivity contribution in [3.63, 3.8) is 0 Å². The maximum Gasteiger partial charge on any atom is 0.338 e. The highest BCUT2D eigenvalue weighted by Crippen LogP contribution is 2.65. The Morgan fingerprint density at radius 1 is 1.07 bits per heavy atom. The van der Waals surface area contributed by atoms with E-state index >= 15 is 0 Å². The Hall–Kier alpha value is -1.83. The van der Waals surface area contributed by atoms with Gasteiger partial charge in [-0.3, -0.25) is 0 Å². The molecule has 0 saturated heterocycles. The molecule has 2 nitrogen and oxygen atoms in total. The Bertz CT molecular complexity index is 881. The van der Waals surface area contributed by atoms with Crippen molar-refractivity contribution in [2.45, 2.75) is 78.2 Å². The van der Waals surface area contributed by atoms with Crippen molar-refractivity contribution in [3.8, 4) is 0 Å². The summed E-state index contributed by atoms with van der Waals surface area (Å²) in [4.78, 5) is 12.6. The number of carbonyl (C=O) groups excluding carboxylic acids is 1. The van der Waals surface area contributed by atoms with Gasteiger partial charge >= 0.3 is 5.97 Å². The Balaban J connectivity index is 1.33. The molecule has 5 rings (SSSR count). The third-order valence-corrected chi connectivity index (χ3v) is 9.46. The number of ether oxygens (including phenoxy) is 1. The van der Waals surface area contributed by atoms with Gasteiger partial charge in [-0.15, -0.1) is 0 Å². The standard InChI is InChI=1S/C28H36O2/c1-4-20-11-13-24-23-12-10-21-18-22(30-26(29)19-8-6-5-7-9-19)14-16-28(21,3)25(23)15-17-27(20,24)2/h4-9,15,21-24H,10-14,16-18H2,1-3H3/b20-4-/t21-,22+,23+,24+,27-,28+/m1/s1. The van der Waals surface area contributed by atoms with Gasteiger partial charge in [0.1, 0.15) is 6.10 Å². The highest BCUT2D eigenvalue weighted by molar-refractivity contribution is 5.89. The molecule has 0 heterocycles. The van der Waals surface area contributed by atoms with Gasteiger partial charge in [-0.1, -0.05) is 55.3 Å². The fourth-order valence-electron chi connectivity index (χ4n) is 7.72. The zero-order chi connectivity index (χ0) is 20.9. The number of allylic oxidation sites excluding steroid dienone is 4. The SMILES string of the molecule is C/C=C1/CC[C@H]2[C@@H]3CC[C@@H]4C[C@@H](OC(=O)c5ccccc5)CC[C@]4(C)C3=CC[C@]12C. The molecule has 0 amide bonds. The van der Waals surface area contributed by atoms with Gasteiger partial charge < -0.3 is 4.74 Å². The van der Waals surface area contributed by atoms with Gasteiger partial charge in [0.25, 0.3) is 0 Å². The van der Waals surface area contributed by atoms with Crippen molar-refractivity contribution in [3.05, 3.63) is 59.2 Å². The minimum absolute atomic E-state index is 0.0721. The summed E-state index contributed by atoms with van der Waals surface area (Å²) < 4.78 is 5.96. The summed E-state index contributed by atoms with van der Waals surface area (Å²) in [5, 5.41) is 0. The number of hydrogen-bond donors (Lipinski definition) is 0. The fourth-order valence-corrected chi connectivity index (χ4v) is 7.72. The van der Waals surface area contributed by atoms with Crippen LogP contribution in [0.1, 0.15) is 82.5 Å². The molecule has 0 N–H and O–H groups in total. The largest absolute Gasteiger partial charge is 0.459 e. The van der Waals surface area contributed by atoms with Gasteiger partial charge in [0.2, 0.25) is 0 Å². The Kier molecular flexibility index (Phi) is 4.95. The number of hydrogen-bond acceptors (Lipinski definition) is 2. The van der Waals surface area contributed by atoms with E-state index in [0.29, 0.717) is 22.3 Å². The van der Waals surface area contributed by atoms with Crippen LogP contribution < -0.4 is 0 Å². The molecule has 0 aliphatic heterocycles. The second-order valence-corrected chi connectivity index (χ2v) is 10.7. The minimum atomic E-state index is -0.157. The molecule has 1 aromatic rings. The quantitative estimate of drug-likeness (QED) is 0.387. The Labute approximate surface area is 181 Å². The summed E-state index contributed by atoms with van der Waals surface area (Å²) in [5.74, 6) is 2.09. The van der Waals surface area contributed by atoms with E-state index in [2.05, 4.69) is 32.9 Å². The molecule has 6 atom stereocenters. The predicted molar refractivity (Wildman–Crippen MR) is 121 cm³/mol. The third-order valence-electron chi connectivity index (χ3n) is 9.46. The van der Waals surface area contributed by atoms with Crippen molar-refractivity contribution in [2.75, 3.05) is 0 Å². The molecule has 0 radical (unpaired) electrons. The topological polar surface area (TPSA) is 26.3 Å². The molecule has 0 spiro atoms. The first-order valence-corrected chi connectivity index (χ1v) is 12.1. The summed E-state index contributed by atoms with van der Waals surface area (Å²) in [7, 11) is 0. The van der Waals surface area contributed by atoms with Crippen molar-refractivity contribution in [2.24, 2.45) is 28.6 Å². The lowest BCUT2D eigenvalue weighted by atomic mass is 9.49. The molecule has 0 bridgehead atoms. The minimum Gasteiger partial charge on any atom is -0.459 e. The van der Waals surface area contributed by atoms with E-state index in [4.69, 9.17) is 4.74 Å². The third kappa shape index (κ3) is 3.01. The Morgan fingerprint density at radius 2 is 1.87 bits per heavy atom. The van der Waals surface area contributed by atoms with Crippen LogP contribution in [0.15, 0.2) is 53.6 Å². The van der Waals surface area contributed by atoms with Gasteiger partial charge in [-0.2, -0.15) is 0 Å². The van der Waals surface area contributed by atoms with Crippen LogP contribution in [0.3, 0.4) is 0 Å². The zero-order valence-corrected chi connectivity index (χ0v) is 18.8. The Morgan fingerprint density at radius 3 is 2.63 bits per heavy atom. The van der Waals surface area contributed by atoms with E-state index in [9.17, 15) is 4.79 Å². The summed E-state index contributed by atoms with van der Waals surface area (Å²) in [5.41, 5.74) is 4.84. The number of rotatable bonds is 2. The van der Waals surface area contributed by atoms with E-state index in [1.54, 1.807) is 11.1 Å². The second-order valence-electron chi connectivity index (χ2n) is 10.7. The van der Waals surface area contributed by atoms with Crippen molar-refractivity contribution in [1.82, 2.24) is 0 Å². The fraction of sp³-hybridized carbons (Fsp3) is 0.607. The predicted octanol–water partition coefficient (Wildman–Crippen LogP) is 7.12. The smallest absolute Gasteiger partial charge is 0.338 e. The van der Waals surface area contributed by atoms with Gasteiger partial charge in [0.15, 0.2) is 0 Å². The van der Waals surface area contributed by atoms with Crippen LogP contribution >= 0.6 is 0 Å². The van der Waals surface area contributed by atoms with Gasteiger partial charge in [0, 0.05) is 0 Å². The van der Waals surface area contributed by atoms with Crippen LogP contribution in [-0.2, 0) is 4.74 Å². The maximum atomic E-state index is 12.6. The molecule has 4 aliphatic rings. The number of benzene rings is 1. The normalized spacial score (nSPS) is 41.4. The van der Waals surface area contributed by atoms with E-state index in [0.717, 1.165) is 31.1 Å². The first-order chi connectivity index (χ1) is 14.5. The van der Waals surface area contributed by atoms with Gasteiger partial charge in [-0.05, 0) is 99.0 Å². The summed E-state index contributed by atoms with van der Waals surface area (Å²) in [6.45, 7) is 7.29. The van der Waals surface area contributed by atoms with E-state index in [1.807, 2.05) is 30.3 Å². The number of carbonyl (C=O) groups is 1. The molecule has 3 saturated carbocycles. The average Bonchev–Trinajstić information content (AvgIpc) is 3.11. The number of fused-ring (bicyclic) bond motifs is 5. The molecular weight excluding hydrogens is 368 g/mol. The van der Waals surface area contributed by atoms with E-state index in [1.165, 1.54) is 32.1 Å².